The third-order valence-electron chi connectivity index (χ3n) is 3.38. The van der Waals surface area contributed by atoms with Crippen molar-refractivity contribution in [3.63, 3.8) is 0 Å². The molecule has 0 aliphatic heterocycles. The van der Waals surface area contributed by atoms with E-state index in [4.69, 9.17) is 0 Å². The van der Waals surface area contributed by atoms with Crippen molar-refractivity contribution in [1.82, 2.24) is 4.57 Å². The van der Waals surface area contributed by atoms with Crippen molar-refractivity contribution in [3.8, 4) is 0 Å². The number of hydrogen-bond donors (Lipinski definition) is 0. The van der Waals surface area contributed by atoms with Crippen LogP contribution in [0.15, 0.2) is 35.8 Å². The van der Waals surface area contributed by atoms with Crippen LogP contribution in [0.1, 0.15) is 39.2 Å². The lowest BCUT2D eigenvalue weighted by atomic mass is 10.0. The molecule has 0 atom stereocenters. The molecule has 0 N–H and O–H groups in total. The first-order valence-corrected chi connectivity index (χ1v) is 8.08. The molecule has 0 saturated heterocycles. The number of nitrogens with zero attached hydrogens (tertiary/aromatic N) is 2. The first-order valence-electron chi connectivity index (χ1n) is 7.26. The summed E-state index contributed by atoms with van der Waals surface area (Å²) in [7, 11) is 0. The van der Waals surface area contributed by atoms with Crippen molar-refractivity contribution in [2.75, 3.05) is 0 Å². The van der Waals surface area contributed by atoms with Gasteiger partial charge in [0.1, 0.15) is 0 Å². The van der Waals surface area contributed by atoms with Crippen LogP contribution in [0.4, 0.5) is 0 Å². The number of carbonyl (C=O) groups is 1. The van der Waals surface area contributed by atoms with Crippen LogP contribution in [0.25, 0.3) is 10.2 Å². The second-order valence-corrected chi connectivity index (χ2v) is 6.78. The third-order valence-corrected chi connectivity index (χ3v) is 4.43. The highest BCUT2D eigenvalue weighted by atomic mass is 32.1. The van der Waals surface area contributed by atoms with E-state index in [1.165, 1.54) is 10.3 Å². The van der Waals surface area contributed by atoms with E-state index in [1.54, 1.807) is 11.3 Å². The lowest BCUT2D eigenvalue weighted by molar-refractivity contribution is -0.120. The maximum absolute atomic E-state index is 11.9. The maximum Gasteiger partial charge on any atom is 0.250 e. The van der Waals surface area contributed by atoms with Crippen LogP contribution in [0.2, 0.25) is 0 Å². The molecular weight excluding hydrogens is 280 g/mol. The number of benzene rings is 1. The minimum atomic E-state index is -0.0846. The maximum atomic E-state index is 11.9. The summed E-state index contributed by atoms with van der Waals surface area (Å²) < 4.78 is 3.22. The number of fused-ring (bicyclic) bond motifs is 1. The molecule has 3 nitrogen and oxygen atoms in total. The zero-order valence-corrected chi connectivity index (χ0v) is 13.9. The first-order chi connectivity index (χ1) is 9.93. The van der Waals surface area contributed by atoms with Gasteiger partial charge in [0.2, 0.25) is 0 Å². The zero-order valence-electron chi connectivity index (χ0n) is 13.1. The van der Waals surface area contributed by atoms with Crippen LogP contribution >= 0.6 is 11.3 Å². The smallest absolute Gasteiger partial charge is 0.250 e. The summed E-state index contributed by atoms with van der Waals surface area (Å²) in [4.78, 5) is 17.0. The molecular formula is C17H22N2OS. The van der Waals surface area contributed by atoms with Gasteiger partial charge in [0.25, 0.3) is 5.91 Å². The van der Waals surface area contributed by atoms with Crippen molar-refractivity contribution < 1.29 is 4.79 Å². The summed E-state index contributed by atoms with van der Waals surface area (Å²) >= 11 is 1.57. The predicted molar refractivity (Wildman–Crippen MR) is 89.5 cm³/mol. The molecule has 0 bridgehead atoms. The number of amides is 1. The van der Waals surface area contributed by atoms with Gasteiger partial charge in [-0.3, -0.25) is 4.79 Å². The van der Waals surface area contributed by atoms with Crippen molar-refractivity contribution in [1.29, 1.82) is 0 Å². The average molecular weight is 302 g/mol. The second-order valence-electron chi connectivity index (χ2n) is 5.77. The quantitative estimate of drug-likeness (QED) is 0.783. The molecule has 0 radical (unpaired) electrons. The number of aromatic nitrogens is 1. The first kappa shape index (κ1) is 15.7. The summed E-state index contributed by atoms with van der Waals surface area (Å²) in [6.45, 7) is 12.6. The number of thiazole rings is 1. The summed E-state index contributed by atoms with van der Waals surface area (Å²) in [5, 5.41) is 0. The third kappa shape index (κ3) is 3.32. The van der Waals surface area contributed by atoms with E-state index in [-0.39, 0.29) is 11.8 Å². The second kappa shape index (κ2) is 6.39. The minimum Gasteiger partial charge on any atom is -0.313 e. The van der Waals surface area contributed by atoms with Gasteiger partial charge in [0.05, 0.1) is 10.2 Å². The van der Waals surface area contributed by atoms with Gasteiger partial charge in [-0.25, -0.2) is 0 Å². The minimum absolute atomic E-state index is 0.0801. The standard InChI is InChI=1S/C17H22N2OS/c1-6-9-19-14-8-7-13(11(2)3)10-15(14)21-17(19)18-16(20)12(4)5/h6-8,10-12H,1,9H2,2-5H3. The van der Waals surface area contributed by atoms with Crippen LogP contribution in [0, 0.1) is 5.92 Å². The van der Waals surface area contributed by atoms with Crippen LogP contribution in [-0.2, 0) is 11.3 Å². The lowest BCUT2D eigenvalue weighted by Gasteiger charge is -2.06. The molecule has 1 amide bonds. The van der Waals surface area contributed by atoms with Crippen molar-refractivity contribution in [2.45, 2.75) is 40.2 Å². The molecule has 1 aromatic carbocycles. The monoisotopic (exact) mass is 302 g/mol. The number of hydrogen-bond acceptors (Lipinski definition) is 2. The highest BCUT2D eigenvalue weighted by molar-refractivity contribution is 7.16. The Morgan fingerprint density at radius 3 is 2.67 bits per heavy atom. The molecule has 0 fully saturated rings. The molecule has 2 aromatic rings. The molecule has 2 rings (SSSR count). The number of rotatable bonds is 4. The molecule has 1 heterocycles. The number of carbonyl (C=O) groups excluding carboxylic acids is 1. The van der Waals surface area contributed by atoms with Crippen molar-refractivity contribution >= 4 is 27.5 Å². The molecule has 0 unspecified atom stereocenters. The molecule has 21 heavy (non-hydrogen) atoms. The Morgan fingerprint density at radius 2 is 2.10 bits per heavy atom. The van der Waals surface area contributed by atoms with Gasteiger partial charge < -0.3 is 4.57 Å². The van der Waals surface area contributed by atoms with Gasteiger partial charge in [-0.2, -0.15) is 4.99 Å². The van der Waals surface area contributed by atoms with Crippen LogP contribution < -0.4 is 4.80 Å². The predicted octanol–water partition coefficient (Wildman–Crippen LogP) is 4.10. The zero-order chi connectivity index (χ0) is 15.6. The summed E-state index contributed by atoms with van der Waals surface area (Å²) in [5.41, 5.74) is 2.41. The Labute approximate surface area is 129 Å². The largest absolute Gasteiger partial charge is 0.313 e. The Morgan fingerprint density at radius 1 is 1.38 bits per heavy atom. The molecule has 0 aliphatic rings. The van der Waals surface area contributed by atoms with Crippen molar-refractivity contribution in [2.24, 2.45) is 10.9 Å². The molecule has 0 saturated carbocycles. The van der Waals surface area contributed by atoms with E-state index in [2.05, 4.69) is 48.2 Å². The van der Waals surface area contributed by atoms with Crippen LogP contribution in [-0.4, -0.2) is 10.5 Å². The summed E-state index contributed by atoms with van der Waals surface area (Å²) in [6, 6.07) is 6.46. The topological polar surface area (TPSA) is 34.4 Å². The molecule has 0 aliphatic carbocycles. The SMILES string of the molecule is C=CCn1c(=NC(=O)C(C)C)sc2cc(C(C)C)ccc21. The van der Waals surface area contributed by atoms with Gasteiger partial charge in [-0.1, -0.05) is 51.2 Å². The van der Waals surface area contributed by atoms with E-state index in [9.17, 15) is 4.79 Å². The fourth-order valence-electron chi connectivity index (χ4n) is 2.06. The Balaban J connectivity index is 2.67. The van der Waals surface area contributed by atoms with Crippen LogP contribution in [0.5, 0.6) is 0 Å². The van der Waals surface area contributed by atoms with Gasteiger partial charge in [0.15, 0.2) is 4.80 Å². The molecule has 112 valence electrons. The van der Waals surface area contributed by atoms with E-state index >= 15 is 0 Å². The van der Waals surface area contributed by atoms with Crippen LogP contribution in [0.3, 0.4) is 0 Å². The molecule has 4 heteroatoms. The highest BCUT2D eigenvalue weighted by Gasteiger charge is 2.10. The van der Waals surface area contributed by atoms with E-state index in [0.717, 1.165) is 10.3 Å². The van der Waals surface area contributed by atoms with E-state index in [1.807, 2.05) is 19.9 Å². The Bertz CT molecular complexity index is 735. The van der Waals surface area contributed by atoms with E-state index < -0.39 is 0 Å². The molecule has 0 spiro atoms. The van der Waals surface area contributed by atoms with E-state index in [0.29, 0.717) is 12.5 Å². The number of allylic oxidation sites excluding steroid dienone is 1. The normalized spacial score (nSPS) is 12.6. The summed E-state index contributed by atoms with van der Waals surface area (Å²) in [6.07, 6.45) is 1.83. The van der Waals surface area contributed by atoms with Gasteiger partial charge in [-0.05, 0) is 23.6 Å². The average Bonchev–Trinajstić information content (AvgIpc) is 2.76. The van der Waals surface area contributed by atoms with Crippen molar-refractivity contribution in [3.05, 3.63) is 41.2 Å². The molecule has 1 aromatic heterocycles. The van der Waals surface area contributed by atoms with Gasteiger partial charge in [0, 0.05) is 12.5 Å². The Kier molecular flexibility index (Phi) is 4.78. The fraction of sp³-hybridized carbons (Fsp3) is 0.412. The lowest BCUT2D eigenvalue weighted by Crippen LogP contribution is -2.17. The van der Waals surface area contributed by atoms with Gasteiger partial charge >= 0.3 is 0 Å². The van der Waals surface area contributed by atoms with Gasteiger partial charge in [-0.15, -0.1) is 6.58 Å². The Hall–Kier alpha value is -1.68. The highest BCUT2D eigenvalue weighted by Crippen LogP contribution is 2.23. The summed E-state index contributed by atoms with van der Waals surface area (Å²) in [5.74, 6) is 0.323. The fourth-order valence-corrected chi connectivity index (χ4v) is 3.16.